The van der Waals surface area contributed by atoms with E-state index in [2.05, 4.69) is 10.1 Å². The topological polar surface area (TPSA) is 111 Å². The molecule has 0 aliphatic rings. The van der Waals surface area contributed by atoms with Crippen molar-refractivity contribution in [3.8, 4) is 0 Å². The fraction of sp³-hybridized carbons (Fsp3) is 0.500. The molecule has 0 saturated heterocycles. The fourth-order valence-electron chi connectivity index (χ4n) is 0.830. The van der Waals surface area contributed by atoms with E-state index < -0.39 is 21.3 Å². The van der Waals surface area contributed by atoms with Crippen molar-refractivity contribution in [1.29, 1.82) is 0 Å². The summed E-state index contributed by atoms with van der Waals surface area (Å²) in [6.07, 6.45) is 0.467. The zero-order valence-electron chi connectivity index (χ0n) is 7.71. The first-order valence-electron chi connectivity index (χ1n) is 3.99. The average molecular weight is 269 g/mol. The highest BCUT2D eigenvalue weighted by Gasteiger charge is 2.23. The lowest BCUT2D eigenvalue weighted by molar-refractivity contribution is -0.394. The van der Waals surface area contributed by atoms with E-state index in [-0.39, 0.29) is 12.8 Å². The summed E-state index contributed by atoms with van der Waals surface area (Å²) in [7, 11) is 0. The smallest absolute Gasteiger partial charge is 0.390 e. The highest BCUT2D eigenvalue weighted by atomic mass is 35.5. The molecule has 0 aliphatic heterocycles. The number of halogens is 2. The van der Waals surface area contributed by atoms with Crippen molar-refractivity contribution in [3.63, 3.8) is 0 Å². The molecule has 1 heterocycles. The van der Waals surface area contributed by atoms with E-state index in [0.29, 0.717) is 4.68 Å². The Hall–Kier alpha value is -1.25. The zero-order valence-corrected chi connectivity index (χ0v) is 9.22. The number of alkyl halides is 2. The minimum atomic E-state index is -2.01. The number of nitrogens with zero attached hydrogens (tertiary/aromatic N) is 4. The van der Waals surface area contributed by atoms with Crippen molar-refractivity contribution in [3.05, 3.63) is 16.4 Å². The van der Waals surface area contributed by atoms with Gasteiger partial charge in [0.2, 0.25) is 10.8 Å². The Labute approximate surface area is 98.9 Å². The molecule has 10 heteroatoms. The summed E-state index contributed by atoms with van der Waals surface area (Å²) in [6.45, 7) is 0. The maximum atomic E-state index is 11.3. The Morgan fingerprint density at radius 2 is 2.31 bits per heavy atom. The van der Waals surface area contributed by atoms with Crippen molar-refractivity contribution in [2.75, 3.05) is 0 Å². The van der Waals surface area contributed by atoms with E-state index in [1.165, 1.54) is 0 Å². The molecular formula is C6H6Cl2N4O4. The molecule has 0 unspecified atom stereocenters. The van der Waals surface area contributed by atoms with Crippen molar-refractivity contribution in [2.24, 2.45) is 0 Å². The molecule has 0 atom stereocenters. The molecule has 16 heavy (non-hydrogen) atoms. The van der Waals surface area contributed by atoms with Crippen LogP contribution in [-0.2, 0) is 0 Å². The molecule has 0 aliphatic carbocycles. The second kappa shape index (κ2) is 4.73. The van der Waals surface area contributed by atoms with E-state index in [1.54, 1.807) is 0 Å². The molecule has 1 aromatic rings. The Balaban J connectivity index is 2.63. The van der Waals surface area contributed by atoms with Gasteiger partial charge in [-0.3, -0.25) is 4.79 Å². The van der Waals surface area contributed by atoms with Crippen molar-refractivity contribution < 1.29 is 14.8 Å². The first-order valence-corrected chi connectivity index (χ1v) is 4.74. The number of hydrogen-bond donors (Lipinski definition) is 1. The number of carbonyl (C=O) groups excluding carboxylic acids is 1. The molecule has 0 radical (unpaired) electrons. The molecule has 1 N–H and O–H groups in total. The van der Waals surface area contributed by atoms with E-state index in [1.807, 2.05) is 0 Å². The lowest BCUT2D eigenvalue weighted by atomic mass is 10.3. The summed E-state index contributed by atoms with van der Waals surface area (Å²) >= 11 is 10.5. The maximum Gasteiger partial charge on any atom is 0.491 e. The highest BCUT2D eigenvalue weighted by Crippen LogP contribution is 2.22. The molecule has 0 fully saturated rings. The molecule has 8 nitrogen and oxygen atoms in total. The van der Waals surface area contributed by atoms with E-state index in [4.69, 9.17) is 28.3 Å². The van der Waals surface area contributed by atoms with Crippen molar-refractivity contribution >= 4 is 35.1 Å². The summed E-state index contributed by atoms with van der Waals surface area (Å²) in [5.74, 6) is -1.29. The van der Waals surface area contributed by atoms with Crippen LogP contribution in [0.3, 0.4) is 0 Å². The Morgan fingerprint density at radius 1 is 1.69 bits per heavy atom. The largest absolute Gasteiger partial charge is 0.491 e. The number of rotatable bonds is 4. The Kier molecular flexibility index (Phi) is 3.79. The number of hydrogen-bond acceptors (Lipinski definition) is 6. The normalized spacial score (nSPS) is 11.4. The van der Waals surface area contributed by atoms with Gasteiger partial charge in [-0.2, -0.15) is 0 Å². The first-order chi connectivity index (χ1) is 7.29. The summed E-state index contributed by atoms with van der Waals surface area (Å²) in [6, 6.07) is 0. The lowest BCUT2D eigenvalue weighted by Gasteiger charge is -2.09. The van der Waals surface area contributed by atoms with Gasteiger partial charge in [0.1, 0.15) is 0 Å². The van der Waals surface area contributed by atoms with Gasteiger partial charge in [0.25, 0.3) is 5.91 Å². The molecule has 88 valence electrons. The fourth-order valence-corrected chi connectivity index (χ4v) is 1.02. The van der Waals surface area contributed by atoms with E-state index in [9.17, 15) is 14.9 Å². The van der Waals surface area contributed by atoms with Crippen LogP contribution in [0.15, 0.2) is 6.33 Å². The zero-order chi connectivity index (χ0) is 12.3. The third kappa shape index (κ3) is 3.72. The second-order valence-electron chi connectivity index (χ2n) is 2.81. The third-order valence-corrected chi connectivity index (χ3v) is 1.92. The Bertz CT molecular complexity index is 413. The standard InChI is InChI=1S/C6H6Cl2N4O4/c7-6(8,14)2-1-4(13)11-3-9-5(10-11)12(15)16/h3,14H,1-2H2. The summed E-state index contributed by atoms with van der Waals surface area (Å²) in [5.41, 5.74) is 0. The van der Waals surface area contributed by atoms with Crippen LogP contribution in [0.4, 0.5) is 5.95 Å². The Morgan fingerprint density at radius 3 is 2.75 bits per heavy atom. The maximum absolute atomic E-state index is 11.3. The van der Waals surface area contributed by atoms with Gasteiger partial charge in [0, 0.05) is 17.9 Å². The number of carbonyl (C=O) groups is 1. The van der Waals surface area contributed by atoms with Crippen LogP contribution in [0.1, 0.15) is 17.6 Å². The van der Waals surface area contributed by atoms with Crippen LogP contribution in [0, 0.1) is 10.1 Å². The van der Waals surface area contributed by atoms with Crippen molar-refractivity contribution in [1.82, 2.24) is 14.8 Å². The summed E-state index contributed by atoms with van der Waals surface area (Å²) in [4.78, 5) is 24.0. The number of nitro groups is 1. The molecule has 0 saturated carbocycles. The van der Waals surface area contributed by atoms with Crippen LogP contribution >= 0.6 is 23.2 Å². The summed E-state index contributed by atoms with van der Waals surface area (Å²) in [5, 5.41) is 22.5. The number of aliphatic hydroxyl groups is 1. The van der Waals surface area contributed by atoms with Crippen LogP contribution < -0.4 is 0 Å². The predicted octanol–water partition coefficient (Wildman–Crippen LogP) is 0.730. The molecule has 0 spiro atoms. The predicted molar refractivity (Wildman–Crippen MR) is 53.2 cm³/mol. The number of aromatic nitrogens is 3. The van der Waals surface area contributed by atoms with Crippen molar-refractivity contribution in [2.45, 2.75) is 17.4 Å². The quantitative estimate of drug-likeness (QED) is 0.490. The van der Waals surface area contributed by atoms with E-state index in [0.717, 1.165) is 6.33 Å². The van der Waals surface area contributed by atoms with Gasteiger partial charge in [-0.25, -0.2) is 0 Å². The van der Waals surface area contributed by atoms with Crippen LogP contribution in [0.5, 0.6) is 0 Å². The molecule has 1 rings (SSSR count). The molecule has 0 amide bonds. The van der Waals surface area contributed by atoms with Crippen LogP contribution in [0.25, 0.3) is 0 Å². The molecule has 1 aromatic heterocycles. The molecule has 0 bridgehead atoms. The van der Waals surface area contributed by atoms with Gasteiger partial charge in [-0.15, -0.1) is 4.68 Å². The van der Waals surface area contributed by atoms with Gasteiger partial charge in [0.15, 0.2) is 0 Å². The van der Waals surface area contributed by atoms with Crippen LogP contribution in [-0.4, -0.2) is 35.2 Å². The summed E-state index contributed by atoms with van der Waals surface area (Å²) < 4.78 is -1.32. The molecular weight excluding hydrogens is 263 g/mol. The minimum absolute atomic E-state index is 0.218. The van der Waals surface area contributed by atoms with Crippen LogP contribution in [0.2, 0.25) is 0 Å². The molecule has 0 aromatic carbocycles. The first kappa shape index (κ1) is 12.8. The SMILES string of the molecule is O=C(CCC(O)(Cl)Cl)n1cnc([N+](=O)[O-])n1. The van der Waals surface area contributed by atoms with Gasteiger partial charge in [-0.1, -0.05) is 28.2 Å². The minimum Gasteiger partial charge on any atom is -0.390 e. The van der Waals surface area contributed by atoms with Gasteiger partial charge >= 0.3 is 5.95 Å². The van der Waals surface area contributed by atoms with Gasteiger partial charge < -0.3 is 15.2 Å². The second-order valence-corrected chi connectivity index (χ2v) is 4.25. The monoisotopic (exact) mass is 268 g/mol. The highest BCUT2D eigenvalue weighted by molar-refractivity contribution is 6.46. The van der Waals surface area contributed by atoms with E-state index >= 15 is 0 Å². The average Bonchev–Trinajstić information content (AvgIpc) is 2.61. The lowest BCUT2D eigenvalue weighted by Crippen LogP contribution is -2.17. The van der Waals surface area contributed by atoms with Gasteiger partial charge in [-0.05, 0) is 4.92 Å². The van der Waals surface area contributed by atoms with Gasteiger partial charge in [0.05, 0.1) is 0 Å². The third-order valence-electron chi connectivity index (χ3n) is 1.54.